The zero-order valence-corrected chi connectivity index (χ0v) is 23.2. The van der Waals surface area contributed by atoms with Crippen molar-refractivity contribution in [2.24, 2.45) is 0 Å². The maximum atomic E-state index is 13.6. The lowest BCUT2D eigenvalue weighted by molar-refractivity contribution is 0.0598. The van der Waals surface area contributed by atoms with Crippen LogP contribution in [0.15, 0.2) is 109 Å². The number of hydrogen-bond acceptors (Lipinski definition) is 4. The van der Waals surface area contributed by atoms with Crippen LogP contribution in [-0.2, 0) is 0 Å². The Bertz CT molecular complexity index is 1450. The monoisotopic (exact) mass is 548 g/mol. The van der Waals surface area contributed by atoms with Crippen LogP contribution in [0, 0.1) is 6.92 Å². The smallest absolute Gasteiger partial charge is 0.257 e. The number of carbonyl (C=O) groups excluding carboxylic acids is 2. The molecule has 1 heterocycles. The van der Waals surface area contributed by atoms with Crippen LogP contribution < -0.4 is 10.6 Å². The molecule has 5 rings (SSSR count). The zero-order chi connectivity index (χ0) is 27.9. The molecule has 1 saturated heterocycles. The summed E-state index contributed by atoms with van der Waals surface area (Å²) in [5, 5.41) is 5.94. The second kappa shape index (κ2) is 12.7. The van der Waals surface area contributed by atoms with Gasteiger partial charge < -0.3 is 10.2 Å². The summed E-state index contributed by atoms with van der Waals surface area (Å²) in [6.45, 7) is 4.60. The highest BCUT2D eigenvalue weighted by atomic mass is 32.1. The summed E-state index contributed by atoms with van der Waals surface area (Å²) in [6.07, 6.45) is 0. The van der Waals surface area contributed by atoms with Crippen LogP contribution in [0.5, 0.6) is 0 Å². The average molecular weight is 549 g/mol. The van der Waals surface area contributed by atoms with Crippen molar-refractivity contribution in [3.05, 3.63) is 137 Å². The predicted octanol–water partition coefficient (Wildman–Crippen LogP) is 5.67. The minimum absolute atomic E-state index is 0.0632. The lowest BCUT2D eigenvalue weighted by Crippen LogP contribution is -2.50. The molecule has 0 spiro atoms. The van der Waals surface area contributed by atoms with Crippen LogP contribution >= 0.6 is 12.2 Å². The van der Waals surface area contributed by atoms with E-state index in [9.17, 15) is 9.59 Å². The van der Waals surface area contributed by atoms with Crippen molar-refractivity contribution in [2.45, 2.75) is 13.0 Å². The SMILES string of the molecule is Cc1ccccc1C(=O)NC(=S)Nc1ccccc1C(=O)N1CCN(C(c2ccccc2)c2ccccc2)CC1. The quantitative estimate of drug-likeness (QED) is 0.304. The number of aryl methyl sites for hydroxylation is 1. The third-order valence-corrected chi connectivity index (χ3v) is 7.42. The van der Waals surface area contributed by atoms with Gasteiger partial charge in [-0.1, -0.05) is 91.0 Å². The highest BCUT2D eigenvalue weighted by Crippen LogP contribution is 2.30. The lowest BCUT2D eigenvalue weighted by atomic mass is 9.96. The van der Waals surface area contributed by atoms with Gasteiger partial charge in [0.1, 0.15) is 0 Å². The molecule has 0 aromatic heterocycles. The number of amides is 2. The summed E-state index contributed by atoms with van der Waals surface area (Å²) < 4.78 is 0. The maximum Gasteiger partial charge on any atom is 0.257 e. The fourth-order valence-corrected chi connectivity index (χ4v) is 5.37. The summed E-state index contributed by atoms with van der Waals surface area (Å²) in [4.78, 5) is 30.7. The highest BCUT2D eigenvalue weighted by molar-refractivity contribution is 7.80. The van der Waals surface area contributed by atoms with E-state index in [1.165, 1.54) is 11.1 Å². The number of nitrogens with zero attached hydrogens (tertiary/aromatic N) is 2. The summed E-state index contributed by atoms with van der Waals surface area (Å²) >= 11 is 5.42. The molecule has 202 valence electrons. The van der Waals surface area contributed by atoms with E-state index < -0.39 is 0 Å². The molecule has 0 saturated carbocycles. The predicted molar refractivity (Wildman–Crippen MR) is 164 cm³/mol. The standard InChI is InChI=1S/C33H32N4O2S/c1-24-12-8-9-17-27(24)31(38)35-33(40)34-29-19-11-10-18-28(29)32(39)37-22-20-36(21-23-37)30(25-13-4-2-5-14-25)26-15-6-3-7-16-26/h2-19,30H,20-23H2,1H3,(H2,34,35,38,40). The van der Waals surface area contributed by atoms with Gasteiger partial charge in [-0.2, -0.15) is 0 Å². The number of carbonyl (C=O) groups is 2. The molecule has 7 heteroatoms. The van der Waals surface area contributed by atoms with Gasteiger partial charge in [0.25, 0.3) is 11.8 Å². The van der Waals surface area contributed by atoms with Gasteiger partial charge in [0, 0.05) is 31.7 Å². The number of para-hydroxylation sites is 1. The Morgan fingerprint density at radius 2 is 1.23 bits per heavy atom. The molecule has 2 N–H and O–H groups in total. The van der Waals surface area contributed by atoms with Crippen LogP contribution in [0.1, 0.15) is 43.4 Å². The van der Waals surface area contributed by atoms with Gasteiger partial charge in [-0.15, -0.1) is 0 Å². The Hall–Kier alpha value is -4.33. The molecular formula is C33H32N4O2S. The maximum absolute atomic E-state index is 13.6. The Kier molecular flexibility index (Phi) is 8.64. The molecule has 0 unspecified atom stereocenters. The largest absolute Gasteiger partial charge is 0.336 e. The second-order valence-corrected chi connectivity index (χ2v) is 10.2. The molecule has 1 fully saturated rings. The number of anilines is 1. The van der Waals surface area contributed by atoms with E-state index in [1.54, 1.807) is 18.2 Å². The minimum atomic E-state index is -0.290. The lowest BCUT2D eigenvalue weighted by Gasteiger charge is -2.40. The minimum Gasteiger partial charge on any atom is -0.336 e. The summed E-state index contributed by atoms with van der Waals surface area (Å²) in [5.41, 5.74) is 4.98. The summed E-state index contributed by atoms with van der Waals surface area (Å²) in [7, 11) is 0. The molecule has 4 aromatic carbocycles. The van der Waals surface area contributed by atoms with E-state index in [0.29, 0.717) is 29.9 Å². The molecule has 0 radical (unpaired) electrons. The van der Waals surface area contributed by atoms with Crippen LogP contribution in [0.2, 0.25) is 0 Å². The van der Waals surface area contributed by atoms with Gasteiger partial charge >= 0.3 is 0 Å². The first-order valence-corrected chi connectivity index (χ1v) is 13.8. The van der Waals surface area contributed by atoms with Gasteiger partial charge in [0.2, 0.25) is 0 Å². The van der Waals surface area contributed by atoms with Gasteiger partial charge in [-0.25, -0.2) is 0 Å². The van der Waals surface area contributed by atoms with E-state index in [-0.39, 0.29) is 23.0 Å². The van der Waals surface area contributed by atoms with Gasteiger partial charge in [0.05, 0.1) is 17.3 Å². The van der Waals surface area contributed by atoms with Gasteiger partial charge in [0.15, 0.2) is 5.11 Å². The molecule has 2 amide bonds. The summed E-state index contributed by atoms with van der Waals surface area (Å²) in [6, 6.07) is 35.7. The van der Waals surface area contributed by atoms with Gasteiger partial charge in [-0.05, 0) is 54.0 Å². The van der Waals surface area contributed by atoms with Crippen molar-refractivity contribution in [3.8, 4) is 0 Å². The normalized spacial score (nSPS) is 13.6. The zero-order valence-electron chi connectivity index (χ0n) is 22.4. The van der Waals surface area contributed by atoms with Gasteiger partial charge in [-0.3, -0.25) is 19.8 Å². The molecule has 4 aromatic rings. The van der Waals surface area contributed by atoms with Crippen LogP contribution in [0.4, 0.5) is 5.69 Å². The van der Waals surface area contributed by atoms with Crippen molar-refractivity contribution < 1.29 is 9.59 Å². The van der Waals surface area contributed by atoms with Crippen molar-refractivity contribution in [2.75, 3.05) is 31.5 Å². The highest BCUT2D eigenvalue weighted by Gasteiger charge is 2.29. The fourth-order valence-electron chi connectivity index (χ4n) is 5.17. The molecule has 40 heavy (non-hydrogen) atoms. The Morgan fingerprint density at radius 1 is 0.700 bits per heavy atom. The Labute approximate surface area is 240 Å². The van der Waals surface area contributed by atoms with Crippen LogP contribution in [0.3, 0.4) is 0 Å². The van der Waals surface area contributed by atoms with Crippen molar-refractivity contribution >= 4 is 34.8 Å². The van der Waals surface area contributed by atoms with E-state index in [2.05, 4.69) is 64.1 Å². The van der Waals surface area contributed by atoms with Crippen LogP contribution in [-0.4, -0.2) is 52.9 Å². The number of thiocarbonyl (C=S) groups is 1. The van der Waals surface area contributed by atoms with Crippen molar-refractivity contribution in [1.29, 1.82) is 0 Å². The summed E-state index contributed by atoms with van der Waals surface area (Å²) in [5.74, 6) is -0.353. The number of nitrogens with one attached hydrogen (secondary N) is 2. The first kappa shape index (κ1) is 27.2. The van der Waals surface area contributed by atoms with E-state index in [0.717, 1.165) is 18.7 Å². The first-order valence-electron chi connectivity index (χ1n) is 13.4. The van der Waals surface area contributed by atoms with Crippen LogP contribution in [0.25, 0.3) is 0 Å². The average Bonchev–Trinajstić information content (AvgIpc) is 2.99. The molecule has 0 bridgehead atoms. The second-order valence-electron chi connectivity index (χ2n) is 9.82. The number of hydrogen-bond donors (Lipinski definition) is 2. The topological polar surface area (TPSA) is 64.7 Å². The molecule has 0 atom stereocenters. The third kappa shape index (κ3) is 6.28. The number of piperazine rings is 1. The van der Waals surface area contributed by atoms with Crippen molar-refractivity contribution in [3.63, 3.8) is 0 Å². The first-order chi connectivity index (χ1) is 19.5. The Balaban J connectivity index is 1.26. The van der Waals surface area contributed by atoms with E-state index in [4.69, 9.17) is 12.2 Å². The molecule has 6 nitrogen and oxygen atoms in total. The fraction of sp³-hybridized carbons (Fsp3) is 0.182. The van der Waals surface area contributed by atoms with Crippen molar-refractivity contribution in [1.82, 2.24) is 15.1 Å². The molecule has 1 aliphatic rings. The molecule has 1 aliphatic heterocycles. The van der Waals surface area contributed by atoms with E-state index >= 15 is 0 Å². The molecular weight excluding hydrogens is 516 g/mol. The number of benzene rings is 4. The third-order valence-electron chi connectivity index (χ3n) is 7.22. The molecule has 0 aliphatic carbocycles. The Morgan fingerprint density at radius 3 is 1.82 bits per heavy atom. The number of rotatable bonds is 6. The van der Waals surface area contributed by atoms with E-state index in [1.807, 2.05) is 54.3 Å².